The summed E-state index contributed by atoms with van der Waals surface area (Å²) in [6.45, 7) is 0. The summed E-state index contributed by atoms with van der Waals surface area (Å²) in [7, 11) is 4.54. The van der Waals surface area contributed by atoms with Gasteiger partial charge in [-0.15, -0.1) is 0 Å². The Morgan fingerprint density at radius 2 is 1.66 bits per heavy atom. The highest BCUT2D eigenvalue weighted by Gasteiger charge is 2.17. The molecule has 0 aliphatic rings. The first kappa shape index (κ1) is 19.9. The van der Waals surface area contributed by atoms with Gasteiger partial charge in [0.15, 0.2) is 11.5 Å². The highest BCUT2D eigenvalue weighted by molar-refractivity contribution is 6.05. The Hall–Kier alpha value is -3.80. The zero-order chi connectivity index (χ0) is 20.6. The van der Waals surface area contributed by atoms with E-state index in [4.69, 9.17) is 14.2 Å². The van der Waals surface area contributed by atoms with Gasteiger partial charge in [-0.2, -0.15) is 0 Å². The van der Waals surface area contributed by atoms with Gasteiger partial charge in [-0.05, 0) is 48.0 Å². The molecule has 1 N–H and O–H groups in total. The molecule has 1 aromatic heterocycles. The number of nitrogens with zero attached hydrogens (tertiary/aromatic N) is 1. The molecular formula is C23H22N2O4. The molecule has 0 saturated heterocycles. The van der Waals surface area contributed by atoms with Gasteiger partial charge in [0.05, 0.1) is 27.0 Å². The topological polar surface area (TPSA) is 69.7 Å². The van der Waals surface area contributed by atoms with Crippen LogP contribution >= 0.6 is 0 Å². The fourth-order valence-corrected chi connectivity index (χ4v) is 2.79. The van der Waals surface area contributed by atoms with Crippen molar-refractivity contribution < 1.29 is 19.0 Å². The summed E-state index contributed by atoms with van der Waals surface area (Å²) < 4.78 is 15.9. The number of amides is 1. The van der Waals surface area contributed by atoms with Gasteiger partial charge in [0, 0.05) is 17.4 Å². The second-order valence-electron chi connectivity index (χ2n) is 6.08. The second-order valence-corrected chi connectivity index (χ2v) is 6.08. The van der Waals surface area contributed by atoms with E-state index in [1.54, 1.807) is 18.3 Å². The number of hydrogen-bond acceptors (Lipinski definition) is 5. The van der Waals surface area contributed by atoms with Crippen LogP contribution in [0.1, 0.15) is 21.6 Å². The van der Waals surface area contributed by atoms with Crippen molar-refractivity contribution in [2.24, 2.45) is 0 Å². The number of rotatable bonds is 7. The van der Waals surface area contributed by atoms with Crippen molar-refractivity contribution in [3.8, 4) is 17.2 Å². The predicted octanol–water partition coefficient (Wildman–Crippen LogP) is 4.53. The minimum Gasteiger partial charge on any atom is -0.493 e. The first-order chi connectivity index (χ1) is 14.1. The summed E-state index contributed by atoms with van der Waals surface area (Å²) in [5.74, 6) is 0.997. The van der Waals surface area contributed by atoms with Gasteiger partial charge >= 0.3 is 0 Å². The van der Waals surface area contributed by atoms with Crippen molar-refractivity contribution in [3.05, 3.63) is 77.6 Å². The smallest absolute Gasteiger partial charge is 0.255 e. The molecule has 3 aromatic rings. The van der Waals surface area contributed by atoms with Gasteiger partial charge in [-0.1, -0.05) is 24.3 Å². The summed E-state index contributed by atoms with van der Waals surface area (Å²) >= 11 is 0. The fraction of sp³-hybridized carbons (Fsp3) is 0.130. The first-order valence-corrected chi connectivity index (χ1v) is 8.95. The van der Waals surface area contributed by atoms with Gasteiger partial charge in [0.25, 0.3) is 5.91 Å². The summed E-state index contributed by atoms with van der Waals surface area (Å²) in [6.07, 6.45) is 5.60. The van der Waals surface area contributed by atoms with Crippen LogP contribution in [-0.2, 0) is 0 Å². The number of pyridine rings is 1. The van der Waals surface area contributed by atoms with Crippen molar-refractivity contribution >= 4 is 23.7 Å². The third-order valence-electron chi connectivity index (χ3n) is 4.21. The second kappa shape index (κ2) is 9.41. The number of hydrogen-bond donors (Lipinski definition) is 1. The molecule has 0 spiro atoms. The van der Waals surface area contributed by atoms with Crippen LogP contribution in [0, 0.1) is 0 Å². The molecule has 1 amide bonds. The van der Waals surface area contributed by atoms with Gasteiger partial charge in [-0.25, -0.2) is 0 Å². The average Bonchev–Trinajstić information content (AvgIpc) is 2.77. The summed E-state index contributed by atoms with van der Waals surface area (Å²) in [4.78, 5) is 17.0. The van der Waals surface area contributed by atoms with E-state index in [2.05, 4.69) is 10.3 Å². The zero-order valence-electron chi connectivity index (χ0n) is 16.5. The van der Waals surface area contributed by atoms with E-state index in [0.717, 1.165) is 11.3 Å². The predicted molar refractivity (Wildman–Crippen MR) is 114 cm³/mol. The Labute approximate surface area is 169 Å². The molecular weight excluding hydrogens is 368 g/mol. The molecule has 3 rings (SSSR count). The Morgan fingerprint density at radius 1 is 0.897 bits per heavy atom. The van der Waals surface area contributed by atoms with Crippen molar-refractivity contribution in [1.82, 2.24) is 4.98 Å². The third-order valence-corrected chi connectivity index (χ3v) is 4.21. The van der Waals surface area contributed by atoms with Crippen LogP contribution < -0.4 is 19.5 Å². The molecule has 0 radical (unpaired) electrons. The lowest BCUT2D eigenvalue weighted by Crippen LogP contribution is -2.12. The maximum Gasteiger partial charge on any atom is 0.255 e. The Bertz CT molecular complexity index is 991. The van der Waals surface area contributed by atoms with E-state index in [-0.39, 0.29) is 5.91 Å². The SMILES string of the molecule is COc1cc(C(=O)Nc2cccc(/C=C/c3ccccn3)c2)cc(OC)c1OC. The normalized spacial score (nSPS) is 10.6. The molecule has 0 bridgehead atoms. The van der Waals surface area contributed by atoms with Gasteiger partial charge in [-0.3, -0.25) is 9.78 Å². The maximum atomic E-state index is 12.7. The van der Waals surface area contributed by atoms with Crippen LogP contribution in [0.2, 0.25) is 0 Å². The van der Waals surface area contributed by atoms with Crippen LogP contribution in [0.5, 0.6) is 17.2 Å². The van der Waals surface area contributed by atoms with Crippen LogP contribution in [0.3, 0.4) is 0 Å². The van der Waals surface area contributed by atoms with Crippen LogP contribution in [-0.4, -0.2) is 32.2 Å². The Morgan fingerprint density at radius 3 is 2.28 bits per heavy atom. The number of aromatic nitrogens is 1. The number of benzene rings is 2. The molecule has 0 unspecified atom stereocenters. The Kier molecular flexibility index (Phi) is 6.47. The molecule has 0 saturated carbocycles. The van der Waals surface area contributed by atoms with E-state index in [9.17, 15) is 4.79 Å². The van der Waals surface area contributed by atoms with Crippen LogP contribution in [0.15, 0.2) is 60.8 Å². The average molecular weight is 390 g/mol. The quantitative estimate of drug-likeness (QED) is 0.642. The van der Waals surface area contributed by atoms with Crippen molar-refractivity contribution in [2.45, 2.75) is 0 Å². The molecule has 1 heterocycles. The lowest BCUT2D eigenvalue weighted by Gasteiger charge is -2.14. The monoisotopic (exact) mass is 390 g/mol. The third kappa shape index (κ3) is 4.93. The highest BCUT2D eigenvalue weighted by Crippen LogP contribution is 2.38. The molecule has 6 heteroatoms. The number of methoxy groups -OCH3 is 3. The Balaban J connectivity index is 1.80. The van der Waals surface area contributed by atoms with E-state index in [1.165, 1.54) is 21.3 Å². The molecule has 0 aliphatic heterocycles. The molecule has 148 valence electrons. The number of carbonyl (C=O) groups excluding carboxylic acids is 1. The van der Waals surface area contributed by atoms with Gasteiger partial charge in [0.1, 0.15) is 0 Å². The van der Waals surface area contributed by atoms with E-state index in [1.807, 2.05) is 54.6 Å². The maximum absolute atomic E-state index is 12.7. The largest absolute Gasteiger partial charge is 0.493 e. The fourth-order valence-electron chi connectivity index (χ4n) is 2.79. The summed E-state index contributed by atoms with van der Waals surface area (Å²) in [6, 6.07) is 16.5. The minimum absolute atomic E-state index is 0.282. The van der Waals surface area contributed by atoms with Crippen LogP contribution in [0.25, 0.3) is 12.2 Å². The van der Waals surface area contributed by atoms with E-state index >= 15 is 0 Å². The van der Waals surface area contributed by atoms with Gasteiger partial charge < -0.3 is 19.5 Å². The molecule has 6 nitrogen and oxygen atoms in total. The van der Waals surface area contributed by atoms with Crippen molar-refractivity contribution in [3.63, 3.8) is 0 Å². The molecule has 0 aliphatic carbocycles. The number of nitrogens with one attached hydrogen (secondary N) is 1. The molecule has 0 atom stereocenters. The van der Waals surface area contributed by atoms with Gasteiger partial charge in [0.2, 0.25) is 5.75 Å². The molecule has 29 heavy (non-hydrogen) atoms. The standard InChI is InChI=1S/C23H22N2O4/c1-27-20-14-17(15-21(28-2)22(20)29-3)23(26)25-19-9-6-7-16(13-19)10-11-18-8-4-5-12-24-18/h4-15H,1-3H3,(H,25,26)/b11-10+. The summed E-state index contributed by atoms with van der Waals surface area (Å²) in [5.41, 5.74) is 2.87. The highest BCUT2D eigenvalue weighted by atomic mass is 16.5. The first-order valence-electron chi connectivity index (χ1n) is 8.95. The minimum atomic E-state index is -0.282. The van der Waals surface area contributed by atoms with Crippen molar-refractivity contribution in [2.75, 3.05) is 26.6 Å². The van der Waals surface area contributed by atoms with Crippen molar-refractivity contribution in [1.29, 1.82) is 0 Å². The summed E-state index contributed by atoms with van der Waals surface area (Å²) in [5, 5.41) is 2.90. The van der Waals surface area contributed by atoms with E-state index < -0.39 is 0 Å². The number of anilines is 1. The zero-order valence-corrected chi connectivity index (χ0v) is 16.5. The van der Waals surface area contributed by atoms with E-state index in [0.29, 0.717) is 28.5 Å². The lowest BCUT2D eigenvalue weighted by atomic mass is 10.1. The molecule has 2 aromatic carbocycles. The lowest BCUT2D eigenvalue weighted by molar-refractivity contribution is 0.102. The molecule has 0 fully saturated rings. The van der Waals surface area contributed by atoms with Crippen LogP contribution in [0.4, 0.5) is 5.69 Å². The number of carbonyl (C=O) groups is 1. The number of ether oxygens (including phenoxy) is 3.